The smallest absolute Gasteiger partial charge is 0.168 e. The molecule has 252 valence electrons. The molecule has 0 spiro atoms. The molecular formula is C34H59N8O3+. The van der Waals surface area contributed by atoms with Crippen LogP contribution in [-0.2, 0) is 4.74 Å². The summed E-state index contributed by atoms with van der Waals surface area (Å²) in [7, 11) is 8.62. The summed E-state index contributed by atoms with van der Waals surface area (Å²) in [6, 6.07) is 7.88. The minimum absolute atomic E-state index is 0.0711. The Balaban J connectivity index is 0.921. The van der Waals surface area contributed by atoms with E-state index in [0.29, 0.717) is 37.4 Å². The molecule has 0 aromatic heterocycles. The van der Waals surface area contributed by atoms with Gasteiger partial charge in [-0.15, -0.1) is 0 Å². The fourth-order valence-corrected chi connectivity index (χ4v) is 9.47. The number of hydrogen-bond donors (Lipinski definition) is 5. The van der Waals surface area contributed by atoms with Crippen LogP contribution in [0.3, 0.4) is 0 Å². The van der Waals surface area contributed by atoms with Crippen LogP contribution in [0.5, 0.6) is 0 Å². The minimum atomic E-state index is -0.957. The number of rotatable bonds is 9. The Kier molecular flexibility index (Phi) is 8.66. The number of quaternary nitrogens is 1. The molecule has 7 rings (SSSR count). The number of hydrogen-bond acceptors (Lipinski definition) is 10. The number of anilines is 2. The van der Waals surface area contributed by atoms with E-state index in [1.165, 1.54) is 55.5 Å². The molecule has 1 aromatic rings. The van der Waals surface area contributed by atoms with Crippen LogP contribution in [0.1, 0.15) is 70.3 Å². The van der Waals surface area contributed by atoms with Crippen molar-refractivity contribution in [2.24, 2.45) is 11.7 Å². The van der Waals surface area contributed by atoms with E-state index in [2.05, 4.69) is 90.5 Å². The highest BCUT2D eigenvalue weighted by molar-refractivity contribution is 5.75. The quantitative estimate of drug-likeness (QED) is 0.261. The van der Waals surface area contributed by atoms with Gasteiger partial charge in [-0.2, -0.15) is 0 Å². The molecule has 0 bridgehead atoms. The summed E-state index contributed by atoms with van der Waals surface area (Å²) < 4.78 is 7.33. The predicted molar refractivity (Wildman–Crippen MR) is 177 cm³/mol. The van der Waals surface area contributed by atoms with Crippen LogP contribution in [-0.4, -0.2) is 144 Å². The van der Waals surface area contributed by atoms with Crippen LogP contribution < -0.4 is 16.4 Å². The summed E-state index contributed by atoms with van der Waals surface area (Å²) in [6.45, 7) is 6.57. The summed E-state index contributed by atoms with van der Waals surface area (Å²) in [5.74, 6) is 1.48. The number of aliphatic hydroxyl groups is 2. The van der Waals surface area contributed by atoms with Gasteiger partial charge in [-0.05, 0) is 96.0 Å². The molecule has 2 aliphatic carbocycles. The molecule has 0 amide bonds. The van der Waals surface area contributed by atoms with E-state index in [0.717, 1.165) is 23.5 Å². The summed E-state index contributed by atoms with van der Waals surface area (Å²) in [5.41, 5.74) is 10.7. The van der Waals surface area contributed by atoms with Crippen molar-refractivity contribution in [1.82, 2.24) is 19.6 Å². The van der Waals surface area contributed by atoms with Crippen LogP contribution in [0.4, 0.5) is 11.4 Å². The molecule has 2 saturated carbocycles. The normalized spacial score (nSPS) is 40.2. The average molecular weight is 628 g/mol. The maximum Gasteiger partial charge on any atom is 0.168 e. The van der Waals surface area contributed by atoms with Gasteiger partial charge < -0.3 is 31.3 Å². The summed E-state index contributed by atoms with van der Waals surface area (Å²) >= 11 is 0. The third-order valence-corrected chi connectivity index (χ3v) is 12.2. The number of nitrogens with one attached hydrogen (secondary N) is 2. The van der Waals surface area contributed by atoms with Gasteiger partial charge in [0.15, 0.2) is 6.17 Å². The Morgan fingerprint density at radius 3 is 2.47 bits per heavy atom. The van der Waals surface area contributed by atoms with Crippen molar-refractivity contribution in [1.29, 1.82) is 0 Å². The maximum absolute atomic E-state index is 11.3. The molecule has 0 radical (unpaired) electrons. The van der Waals surface area contributed by atoms with E-state index < -0.39 is 24.5 Å². The lowest BCUT2D eigenvalue weighted by atomic mass is 9.76. The second-order valence-corrected chi connectivity index (χ2v) is 16.2. The molecule has 6 N–H and O–H groups in total. The Morgan fingerprint density at radius 1 is 1.04 bits per heavy atom. The van der Waals surface area contributed by atoms with E-state index in [4.69, 9.17) is 10.5 Å². The van der Waals surface area contributed by atoms with Gasteiger partial charge in [0.2, 0.25) is 0 Å². The highest BCUT2D eigenvalue weighted by Gasteiger charge is 2.60. The monoisotopic (exact) mass is 627 g/mol. The predicted octanol–water partition coefficient (Wildman–Crippen LogP) is 2.00. The lowest BCUT2D eigenvalue weighted by Crippen LogP contribution is -2.74. The largest absolute Gasteiger partial charge is 0.387 e. The van der Waals surface area contributed by atoms with Gasteiger partial charge >= 0.3 is 0 Å². The first kappa shape index (κ1) is 32.0. The van der Waals surface area contributed by atoms with Gasteiger partial charge in [-0.25, -0.2) is 9.80 Å². The van der Waals surface area contributed by atoms with Gasteiger partial charge in [0.1, 0.15) is 37.3 Å². The van der Waals surface area contributed by atoms with Crippen molar-refractivity contribution in [3.05, 3.63) is 23.8 Å². The molecule has 45 heavy (non-hydrogen) atoms. The second-order valence-electron chi connectivity index (χ2n) is 16.2. The summed E-state index contributed by atoms with van der Waals surface area (Å²) in [4.78, 5) is 9.25. The number of nitrogens with two attached hydrogens (primary N) is 1. The van der Waals surface area contributed by atoms with Crippen LogP contribution in [0.2, 0.25) is 0 Å². The highest BCUT2D eigenvalue weighted by atomic mass is 16.6. The molecule has 11 heteroatoms. The van der Waals surface area contributed by atoms with Gasteiger partial charge in [0.25, 0.3) is 0 Å². The lowest BCUT2D eigenvalue weighted by Gasteiger charge is -2.52. The highest BCUT2D eigenvalue weighted by Crippen LogP contribution is 2.43. The fraction of sp³-hybridized carbons (Fsp3) is 0.824. The molecule has 4 aliphatic heterocycles. The number of nitrogens with zero attached hydrogens (tertiary/aromatic N) is 5. The third-order valence-electron chi connectivity index (χ3n) is 12.2. The Bertz CT molecular complexity index is 1210. The third kappa shape index (κ3) is 5.80. The molecule has 4 heterocycles. The first-order valence-corrected chi connectivity index (χ1v) is 17.6. The van der Waals surface area contributed by atoms with Gasteiger partial charge in [0.05, 0.1) is 44.5 Å². The standard InChI is InChI=1S/C34H59N8O3/c1-20(2)40(24-14-21(15-24)10-13-28-36-25-12-11-23(16-26(25)37-28)22-8-7-9-22)17-27-30(43)31(44)34(45-27)41-18-38(3)29-32(35)39(4)19-42(5,6)33(29)41/h11-12,16,20-22,24,27-34,36-37,43-44H,7-10,13-15,17-19,35H2,1-6H3/q+1/t21?,24?,27-,28?,29?,30-,31-,32?,33?,34-/m1/s1. The SMILES string of the molecule is CC(C)N(C[C@H]1O[C@@H](N2CN(C)C3C(N)N(C)C[N+](C)(C)C32)[C@H](O)[C@@H]1O)C1CC(CCC2Nc3ccc(C4CCC4)cc3N2)C1. The molecule has 4 unspecified atom stereocenters. The van der Waals surface area contributed by atoms with Crippen molar-refractivity contribution in [2.75, 3.05) is 58.7 Å². The number of likely N-dealkylation sites (N-methyl/N-ethyl adjacent to an activating group) is 3. The Labute approximate surface area is 270 Å². The van der Waals surface area contributed by atoms with Crippen molar-refractivity contribution in [3.63, 3.8) is 0 Å². The number of benzene rings is 1. The number of fused-ring (bicyclic) bond motifs is 2. The molecule has 11 nitrogen and oxygen atoms in total. The van der Waals surface area contributed by atoms with E-state index in [9.17, 15) is 10.2 Å². The first-order chi connectivity index (χ1) is 21.4. The Hall–Kier alpha value is -1.54. The van der Waals surface area contributed by atoms with Crippen LogP contribution >= 0.6 is 0 Å². The topological polar surface area (TPSA) is 113 Å². The fourth-order valence-electron chi connectivity index (χ4n) is 9.47. The zero-order valence-corrected chi connectivity index (χ0v) is 28.3. The van der Waals surface area contributed by atoms with Crippen molar-refractivity contribution >= 4 is 11.4 Å². The van der Waals surface area contributed by atoms with Crippen LogP contribution in [0.25, 0.3) is 0 Å². The maximum atomic E-state index is 11.3. The van der Waals surface area contributed by atoms with E-state index in [1.807, 2.05) is 0 Å². The lowest BCUT2D eigenvalue weighted by molar-refractivity contribution is -0.943. The molecule has 8 atom stereocenters. The zero-order valence-electron chi connectivity index (χ0n) is 28.3. The zero-order chi connectivity index (χ0) is 31.8. The molecule has 3 saturated heterocycles. The van der Waals surface area contributed by atoms with Crippen molar-refractivity contribution in [3.8, 4) is 0 Å². The van der Waals surface area contributed by atoms with Crippen molar-refractivity contribution < 1.29 is 19.4 Å². The first-order valence-electron chi connectivity index (χ1n) is 17.6. The van der Waals surface area contributed by atoms with E-state index >= 15 is 0 Å². The summed E-state index contributed by atoms with van der Waals surface area (Å²) in [6.07, 6.45) is 6.13. The van der Waals surface area contributed by atoms with Crippen LogP contribution in [0.15, 0.2) is 18.2 Å². The van der Waals surface area contributed by atoms with E-state index in [1.54, 1.807) is 0 Å². The average Bonchev–Trinajstić information content (AvgIpc) is 3.58. The number of ether oxygens (including phenoxy) is 1. The minimum Gasteiger partial charge on any atom is -0.387 e. The Morgan fingerprint density at radius 2 is 1.78 bits per heavy atom. The summed E-state index contributed by atoms with van der Waals surface area (Å²) in [5, 5.41) is 30.1. The van der Waals surface area contributed by atoms with Gasteiger partial charge in [-0.1, -0.05) is 12.5 Å². The van der Waals surface area contributed by atoms with Gasteiger partial charge in [-0.3, -0.25) is 14.3 Å². The number of aliphatic hydroxyl groups excluding tert-OH is 2. The molecular weight excluding hydrogens is 568 g/mol. The molecule has 6 aliphatic rings. The molecule has 5 fully saturated rings. The molecule has 1 aromatic carbocycles. The van der Waals surface area contributed by atoms with Crippen molar-refractivity contribution in [2.45, 2.75) is 126 Å². The van der Waals surface area contributed by atoms with Crippen LogP contribution in [0, 0.1) is 5.92 Å². The second kappa shape index (κ2) is 12.2. The van der Waals surface area contributed by atoms with Gasteiger partial charge in [0, 0.05) is 18.6 Å². The van der Waals surface area contributed by atoms with E-state index in [-0.39, 0.29) is 18.4 Å².